The molecule has 1 amide bonds. The van der Waals surface area contributed by atoms with Crippen molar-refractivity contribution in [2.45, 2.75) is 32.8 Å². The zero-order valence-corrected chi connectivity index (χ0v) is 11.6. The predicted molar refractivity (Wildman–Crippen MR) is 76.3 cm³/mol. The maximum atomic E-state index is 11.4. The first kappa shape index (κ1) is 13.7. The lowest BCUT2D eigenvalue weighted by molar-refractivity contribution is -0.122. The van der Waals surface area contributed by atoms with Crippen molar-refractivity contribution in [3.63, 3.8) is 0 Å². The van der Waals surface area contributed by atoms with Crippen molar-refractivity contribution in [2.24, 2.45) is 11.7 Å². The largest absolute Gasteiger partial charge is 0.489 e. The highest BCUT2D eigenvalue weighted by atomic mass is 16.5. The van der Waals surface area contributed by atoms with Gasteiger partial charge in [-0.25, -0.2) is 0 Å². The van der Waals surface area contributed by atoms with E-state index >= 15 is 0 Å². The molecular formula is C15H22N2O2. The molecule has 1 aromatic carbocycles. The van der Waals surface area contributed by atoms with Crippen LogP contribution in [-0.4, -0.2) is 25.1 Å². The maximum absolute atomic E-state index is 11.4. The topological polar surface area (TPSA) is 55.6 Å². The standard InChI is InChI=1S/C15H22N2O2/c1-11(2)19-14-8-4-3-7-13(14)17-9-5-6-12(10-17)15(16)18/h3-4,7-8,11-12H,5-6,9-10H2,1-2H3,(H2,16,18). The Morgan fingerprint density at radius 3 is 2.84 bits per heavy atom. The van der Waals surface area contributed by atoms with Crippen LogP contribution >= 0.6 is 0 Å². The monoisotopic (exact) mass is 262 g/mol. The van der Waals surface area contributed by atoms with Crippen LogP contribution in [0.3, 0.4) is 0 Å². The lowest BCUT2D eigenvalue weighted by Gasteiger charge is -2.34. The maximum Gasteiger partial charge on any atom is 0.222 e. The molecule has 0 radical (unpaired) electrons. The van der Waals surface area contributed by atoms with E-state index in [9.17, 15) is 4.79 Å². The molecule has 1 saturated heterocycles. The fourth-order valence-corrected chi connectivity index (χ4v) is 2.50. The minimum atomic E-state index is -0.202. The number of nitrogens with two attached hydrogens (primary N) is 1. The van der Waals surface area contributed by atoms with Gasteiger partial charge in [0, 0.05) is 13.1 Å². The summed E-state index contributed by atoms with van der Waals surface area (Å²) >= 11 is 0. The van der Waals surface area contributed by atoms with E-state index < -0.39 is 0 Å². The Kier molecular flexibility index (Phi) is 4.30. The summed E-state index contributed by atoms with van der Waals surface area (Å²) in [5.74, 6) is 0.621. The van der Waals surface area contributed by atoms with Crippen LogP contribution in [0.15, 0.2) is 24.3 Å². The highest BCUT2D eigenvalue weighted by Crippen LogP contribution is 2.32. The Hall–Kier alpha value is -1.71. The molecule has 2 N–H and O–H groups in total. The second-order valence-electron chi connectivity index (χ2n) is 5.32. The van der Waals surface area contributed by atoms with Crippen LogP contribution in [0, 0.1) is 5.92 Å². The molecule has 0 aliphatic carbocycles. The van der Waals surface area contributed by atoms with Crippen LogP contribution in [0.5, 0.6) is 5.75 Å². The molecule has 104 valence electrons. The Balaban J connectivity index is 2.18. The van der Waals surface area contributed by atoms with Crippen molar-refractivity contribution in [3.05, 3.63) is 24.3 Å². The zero-order chi connectivity index (χ0) is 13.8. The minimum absolute atomic E-state index is 0.0548. The number of carbonyl (C=O) groups excluding carboxylic acids is 1. The summed E-state index contributed by atoms with van der Waals surface area (Å²) in [6, 6.07) is 7.98. The van der Waals surface area contributed by atoms with Crippen LogP contribution in [0.1, 0.15) is 26.7 Å². The van der Waals surface area contributed by atoms with Crippen LogP contribution in [0.2, 0.25) is 0 Å². The Morgan fingerprint density at radius 2 is 2.16 bits per heavy atom. The van der Waals surface area contributed by atoms with E-state index in [0.29, 0.717) is 6.54 Å². The van der Waals surface area contributed by atoms with Crippen LogP contribution < -0.4 is 15.4 Å². The minimum Gasteiger partial charge on any atom is -0.489 e. The second kappa shape index (κ2) is 5.95. The fourth-order valence-electron chi connectivity index (χ4n) is 2.50. The number of benzene rings is 1. The average molecular weight is 262 g/mol. The molecule has 2 rings (SSSR count). The lowest BCUT2D eigenvalue weighted by atomic mass is 9.97. The number of rotatable bonds is 4. The SMILES string of the molecule is CC(C)Oc1ccccc1N1CCCC(C(N)=O)C1. The summed E-state index contributed by atoms with van der Waals surface area (Å²) in [7, 11) is 0. The molecule has 19 heavy (non-hydrogen) atoms. The van der Waals surface area contributed by atoms with Gasteiger partial charge < -0.3 is 15.4 Å². The number of anilines is 1. The smallest absolute Gasteiger partial charge is 0.222 e. The molecule has 1 aliphatic rings. The molecule has 1 aliphatic heterocycles. The van der Waals surface area contributed by atoms with Crippen molar-refractivity contribution in [3.8, 4) is 5.75 Å². The highest BCUT2D eigenvalue weighted by molar-refractivity contribution is 5.78. The lowest BCUT2D eigenvalue weighted by Crippen LogP contribution is -2.41. The molecule has 1 aromatic rings. The summed E-state index contributed by atoms with van der Waals surface area (Å²) in [5, 5.41) is 0. The number of nitrogens with zero attached hydrogens (tertiary/aromatic N) is 1. The average Bonchev–Trinajstić information content (AvgIpc) is 2.39. The molecule has 0 saturated carbocycles. The van der Waals surface area contributed by atoms with Crippen molar-refractivity contribution >= 4 is 11.6 Å². The second-order valence-corrected chi connectivity index (χ2v) is 5.32. The Labute approximate surface area is 114 Å². The molecule has 1 unspecified atom stereocenters. The Bertz CT molecular complexity index is 446. The number of carbonyl (C=O) groups is 1. The van der Waals surface area contributed by atoms with Gasteiger partial charge in [0.2, 0.25) is 5.91 Å². The summed E-state index contributed by atoms with van der Waals surface area (Å²) in [6.45, 7) is 5.66. The molecule has 0 spiro atoms. The van der Waals surface area contributed by atoms with Crippen molar-refractivity contribution in [1.82, 2.24) is 0 Å². The first-order chi connectivity index (χ1) is 9.08. The van der Waals surface area contributed by atoms with Crippen LogP contribution in [0.25, 0.3) is 0 Å². The van der Waals surface area contributed by atoms with Crippen LogP contribution in [0.4, 0.5) is 5.69 Å². The van der Waals surface area contributed by atoms with E-state index in [1.807, 2.05) is 38.1 Å². The quantitative estimate of drug-likeness (QED) is 0.904. The summed E-state index contributed by atoms with van der Waals surface area (Å²) in [4.78, 5) is 13.6. The van der Waals surface area contributed by atoms with Gasteiger partial charge >= 0.3 is 0 Å². The van der Waals surface area contributed by atoms with Crippen molar-refractivity contribution in [1.29, 1.82) is 0 Å². The summed E-state index contributed by atoms with van der Waals surface area (Å²) in [6.07, 6.45) is 2.01. The van der Waals surface area contributed by atoms with E-state index in [-0.39, 0.29) is 17.9 Å². The van der Waals surface area contributed by atoms with Gasteiger partial charge in [-0.2, -0.15) is 0 Å². The van der Waals surface area contributed by atoms with E-state index in [1.165, 1.54) is 0 Å². The van der Waals surface area contributed by atoms with Gasteiger partial charge in [0.15, 0.2) is 0 Å². The molecule has 0 bridgehead atoms. The number of hydrogen-bond donors (Lipinski definition) is 1. The molecule has 4 nitrogen and oxygen atoms in total. The Morgan fingerprint density at radius 1 is 1.42 bits per heavy atom. The predicted octanol–water partition coefficient (Wildman–Crippen LogP) is 2.18. The summed E-state index contributed by atoms with van der Waals surface area (Å²) in [5.41, 5.74) is 6.49. The first-order valence-corrected chi connectivity index (χ1v) is 6.88. The van der Waals surface area contributed by atoms with Gasteiger partial charge in [0.25, 0.3) is 0 Å². The third kappa shape index (κ3) is 3.40. The number of piperidine rings is 1. The number of hydrogen-bond acceptors (Lipinski definition) is 3. The normalized spacial score (nSPS) is 19.5. The van der Waals surface area contributed by atoms with Gasteiger partial charge in [-0.15, -0.1) is 0 Å². The van der Waals surface area contributed by atoms with E-state index in [2.05, 4.69) is 4.90 Å². The number of amides is 1. The van der Waals surface area contributed by atoms with E-state index in [4.69, 9.17) is 10.5 Å². The van der Waals surface area contributed by atoms with Gasteiger partial charge in [0.05, 0.1) is 17.7 Å². The van der Waals surface area contributed by atoms with Crippen molar-refractivity contribution < 1.29 is 9.53 Å². The number of para-hydroxylation sites is 2. The van der Waals surface area contributed by atoms with E-state index in [0.717, 1.165) is 30.8 Å². The highest BCUT2D eigenvalue weighted by Gasteiger charge is 2.25. The fraction of sp³-hybridized carbons (Fsp3) is 0.533. The molecule has 1 heterocycles. The third-order valence-corrected chi connectivity index (χ3v) is 3.39. The molecular weight excluding hydrogens is 240 g/mol. The molecule has 0 aromatic heterocycles. The van der Waals surface area contributed by atoms with Gasteiger partial charge in [-0.1, -0.05) is 12.1 Å². The molecule has 4 heteroatoms. The number of ether oxygens (including phenoxy) is 1. The van der Waals surface area contributed by atoms with Crippen LogP contribution in [-0.2, 0) is 4.79 Å². The number of primary amides is 1. The van der Waals surface area contributed by atoms with Gasteiger partial charge in [-0.3, -0.25) is 4.79 Å². The van der Waals surface area contributed by atoms with E-state index in [1.54, 1.807) is 0 Å². The third-order valence-electron chi connectivity index (χ3n) is 3.39. The van der Waals surface area contributed by atoms with Gasteiger partial charge in [0.1, 0.15) is 5.75 Å². The van der Waals surface area contributed by atoms with Gasteiger partial charge in [-0.05, 0) is 38.8 Å². The zero-order valence-electron chi connectivity index (χ0n) is 11.6. The molecule has 1 atom stereocenters. The van der Waals surface area contributed by atoms with Crippen molar-refractivity contribution in [2.75, 3.05) is 18.0 Å². The summed E-state index contributed by atoms with van der Waals surface area (Å²) < 4.78 is 5.84. The molecule has 1 fully saturated rings. The first-order valence-electron chi connectivity index (χ1n) is 6.88.